The number of rotatable bonds is 4. The standard InChI is InChI=1S/C5H8B2F2S/c6-5(7,9)4(8)2-1-3-10/h4,10H,1-3H2. The average molecular weight is 160 g/mol. The molecule has 10 heavy (non-hydrogen) atoms. The fourth-order valence-corrected chi connectivity index (χ4v) is 0.674. The lowest BCUT2D eigenvalue weighted by atomic mass is 9.63. The van der Waals surface area contributed by atoms with E-state index >= 15 is 0 Å². The number of hydrogen-bond acceptors (Lipinski definition) is 1. The maximum absolute atomic E-state index is 12.4. The van der Waals surface area contributed by atoms with Crippen LogP contribution in [0.25, 0.3) is 0 Å². The van der Waals surface area contributed by atoms with Crippen LogP contribution < -0.4 is 0 Å². The van der Waals surface area contributed by atoms with Crippen LogP contribution in [0.5, 0.6) is 0 Å². The highest BCUT2D eigenvalue weighted by Crippen LogP contribution is 2.16. The lowest BCUT2D eigenvalue weighted by Crippen LogP contribution is -2.35. The van der Waals surface area contributed by atoms with E-state index in [1.165, 1.54) is 0 Å². The quantitative estimate of drug-likeness (QED) is 0.460. The molecule has 0 N–H and O–H groups in total. The van der Waals surface area contributed by atoms with E-state index in [0.29, 0.717) is 12.2 Å². The van der Waals surface area contributed by atoms with Crippen LogP contribution in [0.1, 0.15) is 12.8 Å². The predicted octanol–water partition coefficient (Wildman–Crippen LogP) is 0.995. The third-order valence-electron chi connectivity index (χ3n) is 1.10. The molecule has 54 valence electrons. The van der Waals surface area contributed by atoms with Crippen molar-refractivity contribution in [3.8, 4) is 0 Å². The largest absolute Gasteiger partial charge is 0.262 e. The normalized spacial score (nSPS) is 15.1. The second-order valence-corrected chi connectivity index (χ2v) is 2.61. The van der Waals surface area contributed by atoms with Crippen molar-refractivity contribution in [2.45, 2.75) is 24.5 Å². The van der Waals surface area contributed by atoms with Crippen molar-refractivity contribution in [3.63, 3.8) is 0 Å². The molecule has 0 rings (SSSR count). The van der Waals surface area contributed by atoms with E-state index in [4.69, 9.17) is 0 Å². The van der Waals surface area contributed by atoms with E-state index in [9.17, 15) is 8.78 Å². The average Bonchev–Trinajstić information content (AvgIpc) is 1.80. The van der Waals surface area contributed by atoms with E-state index in [1.54, 1.807) is 0 Å². The molecular formula is C5H8B2F2S. The summed E-state index contributed by atoms with van der Waals surface area (Å²) in [4.78, 5) is 0. The van der Waals surface area contributed by atoms with E-state index < -0.39 is 11.6 Å². The van der Waals surface area contributed by atoms with Crippen LogP contribution in [0.2, 0.25) is 0 Å². The Labute approximate surface area is 68.0 Å². The Morgan fingerprint density at radius 2 is 2.00 bits per heavy atom. The molecule has 0 aromatic carbocycles. The lowest BCUT2D eigenvalue weighted by molar-refractivity contribution is 0.186. The van der Waals surface area contributed by atoms with Crippen molar-refractivity contribution >= 4 is 28.3 Å². The third-order valence-corrected chi connectivity index (χ3v) is 1.41. The molecule has 0 amide bonds. The Balaban J connectivity index is 3.52. The Bertz CT molecular complexity index is 94.1. The first-order chi connectivity index (χ1) is 4.48. The van der Waals surface area contributed by atoms with Crippen LogP contribution in [0.3, 0.4) is 0 Å². The summed E-state index contributed by atoms with van der Waals surface area (Å²) in [6.45, 7) is 0. The van der Waals surface area contributed by atoms with Gasteiger partial charge in [-0.15, -0.1) is 0 Å². The number of alkyl halides is 2. The van der Waals surface area contributed by atoms with Crippen molar-refractivity contribution < 1.29 is 8.78 Å². The molecule has 0 spiro atoms. The van der Waals surface area contributed by atoms with Gasteiger partial charge in [-0.25, -0.2) is 4.39 Å². The van der Waals surface area contributed by atoms with Crippen molar-refractivity contribution in [2.75, 3.05) is 5.75 Å². The summed E-state index contributed by atoms with van der Waals surface area (Å²) in [5.41, 5.74) is -2.69. The second-order valence-electron chi connectivity index (χ2n) is 2.16. The molecule has 0 saturated carbocycles. The van der Waals surface area contributed by atoms with Crippen molar-refractivity contribution in [2.24, 2.45) is 0 Å². The van der Waals surface area contributed by atoms with Crippen LogP contribution in [-0.4, -0.2) is 33.1 Å². The summed E-state index contributed by atoms with van der Waals surface area (Å²) < 4.78 is 24.7. The van der Waals surface area contributed by atoms with Gasteiger partial charge in [-0.05, 0) is 18.6 Å². The molecular weight excluding hydrogens is 152 g/mol. The molecule has 5 heteroatoms. The number of hydrogen-bond donors (Lipinski definition) is 1. The summed E-state index contributed by atoms with van der Waals surface area (Å²) in [6, 6.07) is 0. The van der Waals surface area contributed by atoms with Gasteiger partial charge in [0.2, 0.25) is 0 Å². The van der Waals surface area contributed by atoms with Crippen molar-refractivity contribution in [3.05, 3.63) is 0 Å². The van der Waals surface area contributed by atoms with Crippen LogP contribution in [0.4, 0.5) is 8.78 Å². The van der Waals surface area contributed by atoms with Gasteiger partial charge < -0.3 is 0 Å². The zero-order chi connectivity index (χ0) is 8.20. The minimum atomic E-state index is -2.69. The zero-order valence-electron chi connectivity index (χ0n) is 5.56. The van der Waals surface area contributed by atoms with Crippen LogP contribution >= 0.6 is 12.6 Å². The van der Waals surface area contributed by atoms with E-state index in [0.717, 1.165) is 0 Å². The molecule has 0 heterocycles. The molecule has 1 unspecified atom stereocenters. The zero-order valence-corrected chi connectivity index (χ0v) is 6.45. The Morgan fingerprint density at radius 1 is 1.50 bits per heavy atom. The smallest absolute Gasteiger partial charge is 0.117 e. The predicted molar refractivity (Wildman–Crippen MR) is 43.3 cm³/mol. The molecule has 0 nitrogen and oxygen atoms in total. The highest BCUT2D eigenvalue weighted by Gasteiger charge is 2.26. The Kier molecular flexibility index (Phi) is 4.41. The van der Waals surface area contributed by atoms with Crippen LogP contribution in [-0.2, 0) is 0 Å². The fourth-order valence-electron chi connectivity index (χ4n) is 0.492. The van der Waals surface area contributed by atoms with Crippen molar-refractivity contribution in [1.29, 1.82) is 0 Å². The molecule has 0 aliphatic carbocycles. The monoisotopic (exact) mass is 160 g/mol. The summed E-state index contributed by atoms with van der Waals surface area (Å²) in [5, 5.41) is 0. The third kappa shape index (κ3) is 4.20. The summed E-state index contributed by atoms with van der Waals surface area (Å²) in [5.74, 6) is 0.510. The lowest BCUT2D eigenvalue weighted by Gasteiger charge is -2.19. The van der Waals surface area contributed by atoms with Gasteiger partial charge in [-0.3, -0.25) is 4.39 Å². The topological polar surface area (TPSA) is 0 Å². The second kappa shape index (κ2) is 4.27. The molecule has 0 aromatic rings. The molecule has 0 saturated heterocycles. The van der Waals surface area contributed by atoms with E-state index in [2.05, 4.69) is 28.3 Å². The van der Waals surface area contributed by atoms with Gasteiger partial charge in [0, 0.05) is 0 Å². The first-order valence-electron chi connectivity index (χ1n) is 3.00. The SMILES string of the molecule is [B]C([B])(F)C(F)CCCS. The van der Waals surface area contributed by atoms with Gasteiger partial charge in [-0.2, -0.15) is 12.6 Å². The fraction of sp³-hybridized carbons (Fsp3) is 1.00. The first kappa shape index (κ1) is 10.3. The Hall–Kier alpha value is 0.340. The van der Waals surface area contributed by atoms with Gasteiger partial charge in [0.15, 0.2) is 0 Å². The molecule has 1 atom stereocenters. The summed E-state index contributed by atoms with van der Waals surface area (Å²) in [7, 11) is 9.26. The highest BCUT2D eigenvalue weighted by molar-refractivity contribution is 7.80. The minimum Gasteiger partial charge on any atom is -0.262 e. The maximum atomic E-state index is 12.4. The van der Waals surface area contributed by atoms with Crippen molar-refractivity contribution in [1.82, 2.24) is 0 Å². The first-order valence-corrected chi connectivity index (χ1v) is 3.63. The number of thiol groups is 1. The molecule has 0 aromatic heterocycles. The van der Waals surface area contributed by atoms with Crippen LogP contribution in [0.15, 0.2) is 0 Å². The Morgan fingerprint density at radius 3 is 2.30 bits per heavy atom. The minimum absolute atomic E-state index is 0.0208. The van der Waals surface area contributed by atoms with Gasteiger partial charge in [0.25, 0.3) is 0 Å². The summed E-state index contributed by atoms with van der Waals surface area (Å²) >= 11 is 3.82. The molecule has 4 radical (unpaired) electrons. The highest BCUT2D eigenvalue weighted by atomic mass is 32.1. The van der Waals surface area contributed by atoms with Gasteiger partial charge in [0.1, 0.15) is 21.9 Å². The summed E-state index contributed by atoms with van der Waals surface area (Å²) in [6.07, 6.45) is -1.29. The molecule has 0 bridgehead atoms. The number of halogens is 2. The van der Waals surface area contributed by atoms with E-state index in [-0.39, 0.29) is 6.42 Å². The van der Waals surface area contributed by atoms with Gasteiger partial charge >= 0.3 is 0 Å². The molecule has 0 fully saturated rings. The molecule has 0 aliphatic rings. The maximum Gasteiger partial charge on any atom is 0.117 e. The molecule has 0 aliphatic heterocycles. The van der Waals surface area contributed by atoms with Gasteiger partial charge in [0.05, 0.1) is 5.47 Å². The van der Waals surface area contributed by atoms with Crippen LogP contribution in [0, 0.1) is 0 Å². The van der Waals surface area contributed by atoms with E-state index in [1.807, 2.05) is 0 Å². The van der Waals surface area contributed by atoms with Gasteiger partial charge in [-0.1, -0.05) is 0 Å².